The molecule has 3 rings (SSSR count). The van der Waals surface area contributed by atoms with Crippen LogP contribution in [0.2, 0.25) is 0 Å². The van der Waals surface area contributed by atoms with Crippen LogP contribution < -0.4 is 10.7 Å². The number of hydrogen-bond acceptors (Lipinski definition) is 6. The molecule has 0 saturated carbocycles. The minimum absolute atomic E-state index is 0.0142. The highest BCUT2D eigenvalue weighted by molar-refractivity contribution is 9.10. The van der Waals surface area contributed by atoms with Crippen LogP contribution in [0.4, 0.5) is 5.82 Å². The van der Waals surface area contributed by atoms with E-state index >= 15 is 0 Å². The zero-order valence-corrected chi connectivity index (χ0v) is 14.6. The summed E-state index contributed by atoms with van der Waals surface area (Å²) in [5.41, 5.74) is 0.127. The molecule has 0 amide bonds. The zero-order valence-electron chi connectivity index (χ0n) is 13.0. The van der Waals surface area contributed by atoms with E-state index in [1.165, 1.54) is 0 Å². The van der Waals surface area contributed by atoms with Gasteiger partial charge in [0.2, 0.25) is 11.2 Å². The molecule has 0 spiro atoms. The number of aliphatic hydroxyl groups excluding tert-OH is 1. The molecular formula is C18H15BrN2O4. The Kier molecular flexibility index (Phi) is 5.16. The van der Waals surface area contributed by atoms with Crippen LogP contribution in [0, 0.1) is 0 Å². The van der Waals surface area contributed by atoms with Crippen molar-refractivity contribution in [3.05, 3.63) is 86.5 Å². The average molecular weight is 403 g/mol. The summed E-state index contributed by atoms with van der Waals surface area (Å²) >= 11 is 3.41. The predicted octanol–water partition coefficient (Wildman–Crippen LogP) is 3.20. The highest BCUT2D eigenvalue weighted by atomic mass is 79.9. The topological polar surface area (TPSA) is 95.6 Å². The van der Waals surface area contributed by atoms with Gasteiger partial charge in [0, 0.05) is 16.7 Å². The van der Waals surface area contributed by atoms with Gasteiger partial charge >= 0.3 is 0 Å². The predicted molar refractivity (Wildman–Crippen MR) is 96.4 cm³/mol. The van der Waals surface area contributed by atoms with Crippen LogP contribution in [0.15, 0.2) is 68.4 Å². The molecule has 1 aromatic carbocycles. The van der Waals surface area contributed by atoms with Gasteiger partial charge in [0.1, 0.15) is 24.2 Å². The van der Waals surface area contributed by atoms with Crippen molar-refractivity contribution in [2.45, 2.75) is 12.6 Å². The number of pyridine rings is 1. The average Bonchev–Trinajstić information content (AvgIpc) is 2.63. The number of aliphatic hydroxyl groups is 1. The fourth-order valence-electron chi connectivity index (χ4n) is 2.41. The van der Waals surface area contributed by atoms with Gasteiger partial charge in [-0.3, -0.25) is 4.79 Å². The Morgan fingerprint density at radius 1 is 1.20 bits per heavy atom. The fraction of sp³-hybridized carbons (Fsp3) is 0.111. The van der Waals surface area contributed by atoms with E-state index in [0.29, 0.717) is 5.82 Å². The molecule has 0 saturated heterocycles. The first-order chi connectivity index (χ1) is 12.1. The quantitative estimate of drug-likeness (QED) is 0.606. The minimum atomic E-state index is -0.674. The largest absolute Gasteiger partial charge is 0.502 e. The third-order valence-corrected chi connectivity index (χ3v) is 4.05. The maximum absolute atomic E-state index is 12.0. The molecule has 0 aliphatic heterocycles. The van der Waals surface area contributed by atoms with Gasteiger partial charge in [-0.15, -0.1) is 0 Å². The second-order valence-corrected chi connectivity index (χ2v) is 6.21. The lowest BCUT2D eigenvalue weighted by molar-refractivity contribution is 0.234. The third-order valence-electron chi connectivity index (χ3n) is 3.56. The SMILES string of the molecule is O=c1cc(CO)oc(C(Nc2ccccn2)c2cccc(Br)c2)c1O. The molecule has 3 aromatic rings. The Balaban J connectivity index is 2.14. The summed E-state index contributed by atoms with van der Waals surface area (Å²) in [4.78, 5) is 16.2. The summed E-state index contributed by atoms with van der Waals surface area (Å²) in [5, 5.41) is 22.7. The summed E-state index contributed by atoms with van der Waals surface area (Å²) in [7, 11) is 0. The molecule has 1 atom stereocenters. The van der Waals surface area contributed by atoms with Gasteiger partial charge in [0.25, 0.3) is 0 Å². The number of nitrogens with one attached hydrogen (secondary N) is 1. The van der Waals surface area contributed by atoms with Crippen LogP contribution in [-0.2, 0) is 6.61 Å². The molecular weight excluding hydrogens is 388 g/mol. The number of anilines is 1. The van der Waals surface area contributed by atoms with Crippen molar-refractivity contribution in [3.63, 3.8) is 0 Å². The third kappa shape index (κ3) is 3.89. The summed E-state index contributed by atoms with van der Waals surface area (Å²) in [6, 6.07) is 13.1. The normalized spacial score (nSPS) is 11.9. The molecule has 0 radical (unpaired) electrons. The maximum Gasteiger partial charge on any atom is 0.227 e. The highest BCUT2D eigenvalue weighted by Crippen LogP contribution is 2.32. The van der Waals surface area contributed by atoms with Crippen LogP contribution >= 0.6 is 15.9 Å². The highest BCUT2D eigenvalue weighted by Gasteiger charge is 2.24. The van der Waals surface area contributed by atoms with Crippen molar-refractivity contribution in [2.75, 3.05) is 5.32 Å². The van der Waals surface area contributed by atoms with Crippen molar-refractivity contribution >= 4 is 21.7 Å². The van der Waals surface area contributed by atoms with Crippen LogP contribution in [-0.4, -0.2) is 15.2 Å². The second kappa shape index (κ2) is 7.50. The van der Waals surface area contributed by atoms with Crippen molar-refractivity contribution in [1.82, 2.24) is 4.98 Å². The van der Waals surface area contributed by atoms with Crippen molar-refractivity contribution in [2.24, 2.45) is 0 Å². The second-order valence-electron chi connectivity index (χ2n) is 5.30. The molecule has 1 unspecified atom stereocenters. The number of halogens is 1. The molecule has 0 fully saturated rings. The molecule has 2 aromatic heterocycles. The lowest BCUT2D eigenvalue weighted by Gasteiger charge is -2.20. The maximum atomic E-state index is 12.0. The summed E-state index contributed by atoms with van der Waals surface area (Å²) in [5.74, 6) is 0.121. The Hall–Kier alpha value is -2.64. The first-order valence-corrected chi connectivity index (χ1v) is 8.27. The molecule has 0 aliphatic carbocycles. The van der Waals surface area contributed by atoms with Gasteiger partial charge < -0.3 is 19.9 Å². The summed E-state index contributed by atoms with van der Waals surface area (Å²) in [6.45, 7) is -0.447. The Bertz CT molecular complexity index is 928. The van der Waals surface area contributed by atoms with Crippen LogP contribution in [0.5, 0.6) is 5.75 Å². The number of rotatable bonds is 5. The van der Waals surface area contributed by atoms with Gasteiger partial charge in [-0.25, -0.2) is 4.98 Å². The van der Waals surface area contributed by atoms with Crippen LogP contribution in [0.3, 0.4) is 0 Å². The van der Waals surface area contributed by atoms with Crippen molar-refractivity contribution in [1.29, 1.82) is 0 Å². The number of hydrogen-bond donors (Lipinski definition) is 3. The van der Waals surface area contributed by atoms with Gasteiger partial charge in [0.15, 0.2) is 5.76 Å². The fourth-order valence-corrected chi connectivity index (χ4v) is 2.83. The van der Waals surface area contributed by atoms with E-state index in [1.54, 1.807) is 18.3 Å². The lowest BCUT2D eigenvalue weighted by atomic mass is 10.0. The molecule has 0 aliphatic rings. The molecule has 2 heterocycles. The van der Waals surface area contributed by atoms with E-state index in [2.05, 4.69) is 26.2 Å². The molecule has 3 N–H and O–H groups in total. The zero-order chi connectivity index (χ0) is 17.8. The van der Waals surface area contributed by atoms with Crippen LogP contribution in [0.1, 0.15) is 23.1 Å². The monoisotopic (exact) mass is 402 g/mol. The van der Waals surface area contributed by atoms with Crippen molar-refractivity contribution < 1.29 is 14.6 Å². The van der Waals surface area contributed by atoms with E-state index in [-0.39, 0.29) is 11.5 Å². The molecule has 25 heavy (non-hydrogen) atoms. The number of benzene rings is 1. The molecule has 128 valence electrons. The standard InChI is InChI=1S/C18H15BrN2O4/c19-12-5-3-4-11(8-12)16(21-15-6-1-2-7-20-15)18-17(24)14(23)9-13(10-22)25-18/h1-9,16,22,24H,10H2,(H,20,21). The van der Waals surface area contributed by atoms with Gasteiger partial charge in [0.05, 0.1) is 0 Å². The summed E-state index contributed by atoms with van der Waals surface area (Å²) < 4.78 is 6.39. The van der Waals surface area contributed by atoms with E-state index in [1.807, 2.05) is 30.3 Å². The van der Waals surface area contributed by atoms with E-state index in [9.17, 15) is 15.0 Å². The van der Waals surface area contributed by atoms with Crippen LogP contribution in [0.25, 0.3) is 0 Å². The molecule has 0 bridgehead atoms. The summed E-state index contributed by atoms with van der Waals surface area (Å²) in [6.07, 6.45) is 1.63. The molecule has 7 heteroatoms. The number of nitrogens with zero attached hydrogens (tertiary/aromatic N) is 1. The van der Waals surface area contributed by atoms with Gasteiger partial charge in [-0.05, 0) is 29.8 Å². The first kappa shape index (κ1) is 17.2. The smallest absolute Gasteiger partial charge is 0.227 e. The Morgan fingerprint density at radius 2 is 2.04 bits per heavy atom. The Labute approximate surface area is 151 Å². The lowest BCUT2D eigenvalue weighted by Crippen LogP contribution is -2.17. The van der Waals surface area contributed by atoms with E-state index in [4.69, 9.17) is 4.42 Å². The minimum Gasteiger partial charge on any atom is -0.502 e. The van der Waals surface area contributed by atoms with E-state index in [0.717, 1.165) is 16.1 Å². The van der Waals surface area contributed by atoms with Gasteiger partial charge in [-0.2, -0.15) is 0 Å². The van der Waals surface area contributed by atoms with Gasteiger partial charge in [-0.1, -0.05) is 34.1 Å². The first-order valence-electron chi connectivity index (χ1n) is 7.48. The van der Waals surface area contributed by atoms with Crippen molar-refractivity contribution in [3.8, 4) is 5.75 Å². The van der Waals surface area contributed by atoms with E-state index < -0.39 is 23.8 Å². The number of aromatic hydroxyl groups is 1. The molecule has 6 nitrogen and oxygen atoms in total. The Morgan fingerprint density at radius 3 is 2.72 bits per heavy atom. The number of aromatic nitrogens is 1.